The Morgan fingerprint density at radius 1 is 1.16 bits per heavy atom. The molecular formula is C14H24N2O3. The molecule has 0 aliphatic rings. The Labute approximate surface area is 115 Å². The number of nitrogens with zero attached hydrogens (tertiary/aromatic N) is 1. The quantitative estimate of drug-likeness (QED) is 0.689. The lowest BCUT2D eigenvalue weighted by molar-refractivity contribution is 0.0803. The number of nitrogens with two attached hydrogens (primary N) is 1. The first-order valence-electron chi connectivity index (χ1n) is 6.55. The number of rotatable bonds is 9. The third-order valence-electron chi connectivity index (χ3n) is 2.74. The van der Waals surface area contributed by atoms with E-state index in [1.54, 1.807) is 7.11 Å². The molecule has 0 saturated heterocycles. The summed E-state index contributed by atoms with van der Waals surface area (Å²) >= 11 is 0. The second kappa shape index (κ2) is 8.85. The Morgan fingerprint density at radius 2 is 1.95 bits per heavy atom. The highest BCUT2D eigenvalue weighted by molar-refractivity contribution is 5.37. The summed E-state index contributed by atoms with van der Waals surface area (Å²) in [5.74, 6) is 0.813. The zero-order valence-corrected chi connectivity index (χ0v) is 12.1. The second-order valence-electron chi connectivity index (χ2n) is 4.34. The van der Waals surface area contributed by atoms with Crippen LogP contribution in [0.1, 0.15) is 23.4 Å². The number of pyridine rings is 1. The van der Waals surface area contributed by atoms with Crippen molar-refractivity contribution >= 4 is 0 Å². The lowest BCUT2D eigenvalue weighted by Gasteiger charge is -2.13. The maximum atomic E-state index is 5.72. The average molecular weight is 268 g/mol. The summed E-state index contributed by atoms with van der Waals surface area (Å²) in [4.78, 5) is 4.38. The van der Waals surface area contributed by atoms with Crippen molar-refractivity contribution < 1.29 is 14.2 Å². The van der Waals surface area contributed by atoms with Gasteiger partial charge < -0.3 is 19.9 Å². The summed E-state index contributed by atoms with van der Waals surface area (Å²) in [7, 11) is 1.69. The Hall–Kier alpha value is -1.17. The first kappa shape index (κ1) is 15.9. The lowest BCUT2D eigenvalue weighted by Crippen LogP contribution is -2.12. The molecule has 0 aromatic carbocycles. The molecule has 0 saturated carbocycles. The van der Waals surface area contributed by atoms with Gasteiger partial charge >= 0.3 is 0 Å². The number of methoxy groups -OCH3 is 1. The molecule has 1 aromatic heterocycles. The van der Waals surface area contributed by atoms with Gasteiger partial charge in [-0.15, -0.1) is 0 Å². The summed E-state index contributed by atoms with van der Waals surface area (Å²) in [5.41, 5.74) is 8.55. The summed E-state index contributed by atoms with van der Waals surface area (Å²) in [6.07, 6.45) is 0.901. The van der Waals surface area contributed by atoms with Gasteiger partial charge in [-0.25, -0.2) is 0 Å². The number of aryl methyl sites for hydroxylation is 2. The molecule has 0 unspecified atom stereocenters. The fraction of sp³-hybridized carbons (Fsp3) is 0.643. The van der Waals surface area contributed by atoms with Crippen LogP contribution in [-0.4, -0.2) is 38.5 Å². The molecule has 0 atom stereocenters. The number of hydrogen-bond acceptors (Lipinski definition) is 5. The highest BCUT2D eigenvalue weighted by Crippen LogP contribution is 2.21. The van der Waals surface area contributed by atoms with Crippen molar-refractivity contribution in [3.8, 4) is 5.75 Å². The SMILES string of the molecule is COCCCOCCOc1cc(C)nc(C)c1CN. The molecule has 1 rings (SSSR count). The monoisotopic (exact) mass is 268 g/mol. The standard InChI is InChI=1S/C14H24N2O3/c1-11-9-14(13(10-15)12(2)16-11)19-8-7-18-6-4-5-17-3/h9H,4-8,10,15H2,1-3H3. The van der Waals surface area contributed by atoms with E-state index in [1.807, 2.05) is 19.9 Å². The minimum atomic E-state index is 0.434. The van der Waals surface area contributed by atoms with Gasteiger partial charge in [0.2, 0.25) is 0 Å². The van der Waals surface area contributed by atoms with Crippen LogP contribution in [0.2, 0.25) is 0 Å². The van der Waals surface area contributed by atoms with E-state index in [9.17, 15) is 0 Å². The largest absolute Gasteiger partial charge is 0.491 e. The van der Waals surface area contributed by atoms with Crippen LogP contribution >= 0.6 is 0 Å². The molecule has 0 fully saturated rings. The molecule has 2 N–H and O–H groups in total. The maximum absolute atomic E-state index is 5.72. The van der Waals surface area contributed by atoms with Crippen LogP contribution in [0.4, 0.5) is 0 Å². The lowest BCUT2D eigenvalue weighted by atomic mass is 10.1. The highest BCUT2D eigenvalue weighted by atomic mass is 16.5. The van der Waals surface area contributed by atoms with Gasteiger partial charge in [0.15, 0.2) is 0 Å². The predicted octanol–water partition coefficient (Wildman–Crippen LogP) is 1.59. The molecular weight excluding hydrogens is 244 g/mol. The van der Waals surface area contributed by atoms with Gasteiger partial charge in [0, 0.05) is 49.9 Å². The molecule has 0 bridgehead atoms. The summed E-state index contributed by atoms with van der Waals surface area (Å²) in [6, 6.07) is 1.92. The molecule has 0 spiro atoms. The summed E-state index contributed by atoms with van der Waals surface area (Å²) < 4.78 is 16.1. The predicted molar refractivity (Wildman–Crippen MR) is 74.4 cm³/mol. The van der Waals surface area contributed by atoms with Crippen molar-refractivity contribution in [2.45, 2.75) is 26.8 Å². The van der Waals surface area contributed by atoms with Gasteiger partial charge in [0.05, 0.1) is 6.61 Å². The van der Waals surface area contributed by atoms with Crippen molar-refractivity contribution in [3.63, 3.8) is 0 Å². The normalized spacial score (nSPS) is 10.7. The van der Waals surface area contributed by atoms with E-state index in [0.29, 0.717) is 26.4 Å². The van der Waals surface area contributed by atoms with Gasteiger partial charge in [-0.3, -0.25) is 4.98 Å². The molecule has 0 aliphatic heterocycles. The van der Waals surface area contributed by atoms with E-state index < -0.39 is 0 Å². The van der Waals surface area contributed by atoms with E-state index in [1.165, 1.54) is 0 Å². The number of hydrogen-bond donors (Lipinski definition) is 1. The van der Waals surface area contributed by atoms with Crippen molar-refractivity contribution in [1.82, 2.24) is 4.98 Å². The molecule has 5 nitrogen and oxygen atoms in total. The van der Waals surface area contributed by atoms with Crippen LogP contribution < -0.4 is 10.5 Å². The average Bonchev–Trinajstić information content (AvgIpc) is 2.37. The van der Waals surface area contributed by atoms with E-state index in [-0.39, 0.29) is 0 Å². The Balaban J connectivity index is 2.36. The van der Waals surface area contributed by atoms with Gasteiger partial charge in [-0.1, -0.05) is 0 Å². The van der Waals surface area contributed by atoms with Gasteiger partial charge in [0.1, 0.15) is 12.4 Å². The molecule has 108 valence electrons. The molecule has 0 radical (unpaired) electrons. The van der Waals surface area contributed by atoms with Crippen molar-refractivity contribution in [3.05, 3.63) is 23.0 Å². The minimum absolute atomic E-state index is 0.434. The van der Waals surface area contributed by atoms with Gasteiger partial charge in [-0.05, 0) is 20.3 Å². The smallest absolute Gasteiger partial charge is 0.127 e. The number of aromatic nitrogens is 1. The van der Waals surface area contributed by atoms with Crippen molar-refractivity contribution in [2.24, 2.45) is 5.73 Å². The zero-order chi connectivity index (χ0) is 14.1. The van der Waals surface area contributed by atoms with E-state index >= 15 is 0 Å². The molecule has 1 heterocycles. The summed E-state index contributed by atoms with van der Waals surface area (Å²) in [5, 5.41) is 0. The van der Waals surface area contributed by atoms with Crippen LogP contribution in [0.3, 0.4) is 0 Å². The molecule has 19 heavy (non-hydrogen) atoms. The third kappa shape index (κ3) is 5.55. The van der Waals surface area contributed by atoms with Crippen molar-refractivity contribution in [2.75, 3.05) is 33.5 Å². The van der Waals surface area contributed by atoms with E-state index in [0.717, 1.165) is 35.7 Å². The van der Waals surface area contributed by atoms with Crippen LogP contribution in [0.5, 0.6) is 5.75 Å². The highest BCUT2D eigenvalue weighted by Gasteiger charge is 2.08. The van der Waals surface area contributed by atoms with Crippen LogP contribution in [0, 0.1) is 13.8 Å². The van der Waals surface area contributed by atoms with E-state index in [4.69, 9.17) is 19.9 Å². The fourth-order valence-electron chi connectivity index (χ4n) is 1.81. The van der Waals surface area contributed by atoms with Gasteiger partial charge in [-0.2, -0.15) is 0 Å². The Kier molecular flexibility index (Phi) is 7.40. The Bertz CT molecular complexity index is 383. The minimum Gasteiger partial charge on any atom is -0.491 e. The molecule has 0 amide bonds. The first-order chi connectivity index (χ1) is 9.19. The van der Waals surface area contributed by atoms with E-state index in [2.05, 4.69) is 4.98 Å². The Morgan fingerprint density at radius 3 is 2.63 bits per heavy atom. The van der Waals surface area contributed by atoms with Crippen LogP contribution in [0.15, 0.2) is 6.07 Å². The summed E-state index contributed by atoms with van der Waals surface area (Å²) in [6.45, 7) is 6.82. The van der Waals surface area contributed by atoms with Crippen molar-refractivity contribution in [1.29, 1.82) is 0 Å². The molecule has 1 aromatic rings. The van der Waals surface area contributed by atoms with Gasteiger partial charge in [0.25, 0.3) is 0 Å². The molecule has 0 aliphatic carbocycles. The first-order valence-corrected chi connectivity index (χ1v) is 6.55. The van der Waals surface area contributed by atoms with Crippen LogP contribution in [-0.2, 0) is 16.0 Å². The fourth-order valence-corrected chi connectivity index (χ4v) is 1.81. The third-order valence-corrected chi connectivity index (χ3v) is 2.74. The maximum Gasteiger partial charge on any atom is 0.127 e. The topological polar surface area (TPSA) is 66.6 Å². The molecule has 5 heteroatoms. The number of ether oxygens (including phenoxy) is 3. The zero-order valence-electron chi connectivity index (χ0n) is 12.1. The van der Waals surface area contributed by atoms with Crippen LogP contribution in [0.25, 0.3) is 0 Å². The second-order valence-corrected chi connectivity index (χ2v) is 4.34.